The quantitative estimate of drug-likeness (QED) is 0.772. The lowest BCUT2D eigenvalue weighted by atomic mass is 9.95. The van der Waals surface area contributed by atoms with E-state index >= 15 is 0 Å². The number of halogens is 1. The summed E-state index contributed by atoms with van der Waals surface area (Å²) in [5.41, 5.74) is 3.96. The van der Waals surface area contributed by atoms with E-state index in [0.29, 0.717) is 12.5 Å². The van der Waals surface area contributed by atoms with Gasteiger partial charge >= 0.3 is 0 Å². The molecule has 0 unspecified atom stereocenters. The standard InChI is InChI=1S/C20H25ClN2O/c1-14(2)17-11-10-15(3)12-18(17)20(24)22-13-19(23(4)21)16-8-6-5-7-9-16/h5-12,14,19H,13H2,1-4H3,(H,22,24)/t19-/m1/s1. The minimum absolute atomic E-state index is 0.0538. The van der Waals surface area contributed by atoms with Gasteiger partial charge in [-0.1, -0.05) is 61.9 Å². The number of amides is 1. The maximum atomic E-state index is 12.7. The predicted octanol–water partition coefficient (Wildman–Crippen LogP) is 4.68. The molecule has 0 saturated carbocycles. The predicted molar refractivity (Wildman–Crippen MR) is 100 cm³/mol. The summed E-state index contributed by atoms with van der Waals surface area (Å²) >= 11 is 6.20. The zero-order valence-corrected chi connectivity index (χ0v) is 15.5. The van der Waals surface area contributed by atoms with Gasteiger partial charge in [-0.3, -0.25) is 4.79 Å². The lowest BCUT2D eigenvalue weighted by Crippen LogP contribution is -2.33. The van der Waals surface area contributed by atoms with Gasteiger partial charge in [-0.25, -0.2) is 4.42 Å². The summed E-state index contributed by atoms with van der Waals surface area (Å²) in [5.74, 6) is 0.244. The smallest absolute Gasteiger partial charge is 0.251 e. The Morgan fingerprint density at radius 1 is 1.17 bits per heavy atom. The number of likely N-dealkylation sites (N-methyl/N-ethyl adjacent to an activating group) is 1. The monoisotopic (exact) mass is 344 g/mol. The molecule has 0 aliphatic rings. The lowest BCUT2D eigenvalue weighted by molar-refractivity contribution is 0.0944. The molecule has 2 rings (SSSR count). The molecule has 0 saturated heterocycles. The van der Waals surface area contributed by atoms with Crippen molar-refractivity contribution in [1.29, 1.82) is 0 Å². The molecule has 1 atom stereocenters. The van der Waals surface area contributed by atoms with Gasteiger partial charge in [0, 0.05) is 19.2 Å². The Morgan fingerprint density at radius 2 is 1.83 bits per heavy atom. The average Bonchev–Trinajstić information content (AvgIpc) is 2.55. The van der Waals surface area contributed by atoms with Crippen molar-refractivity contribution < 1.29 is 4.79 Å². The molecule has 1 N–H and O–H groups in total. The second-order valence-corrected chi connectivity index (χ2v) is 6.94. The van der Waals surface area contributed by atoms with Gasteiger partial charge in [0.1, 0.15) is 0 Å². The number of hydrogen-bond donors (Lipinski definition) is 1. The summed E-state index contributed by atoms with van der Waals surface area (Å²) in [6.07, 6.45) is 0. The van der Waals surface area contributed by atoms with Crippen LogP contribution in [0, 0.1) is 6.92 Å². The first-order valence-corrected chi connectivity index (χ1v) is 8.56. The van der Waals surface area contributed by atoms with Crippen molar-refractivity contribution in [1.82, 2.24) is 9.74 Å². The Morgan fingerprint density at radius 3 is 2.42 bits per heavy atom. The van der Waals surface area contributed by atoms with E-state index in [1.54, 1.807) is 11.5 Å². The van der Waals surface area contributed by atoms with Crippen molar-refractivity contribution in [3.05, 3.63) is 70.8 Å². The molecule has 2 aromatic rings. The van der Waals surface area contributed by atoms with E-state index in [2.05, 4.69) is 19.2 Å². The van der Waals surface area contributed by atoms with Crippen LogP contribution in [0.25, 0.3) is 0 Å². The fourth-order valence-electron chi connectivity index (χ4n) is 2.78. The van der Waals surface area contributed by atoms with Crippen LogP contribution in [0.4, 0.5) is 0 Å². The van der Waals surface area contributed by atoms with Crippen molar-refractivity contribution in [3.63, 3.8) is 0 Å². The normalized spacial score (nSPS) is 12.5. The summed E-state index contributed by atoms with van der Waals surface area (Å²) in [4.78, 5) is 12.7. The third-order valence-electron chi connectivity index (χ3n) is 4.15. The topological polar surface area (TPSA) is 32.3 Å². The largest absolute Gasteiger partial charge is 0.350 e. The zero-order chi connectivity index (χ0) is 17.7. The highest BCUT2D eigenvalue weighted by Crippen LogP contribution is 2.22. The van der Waals surface area contributed by atoms with Crippen LogP contribution in [0.5, 0.6) is 0 Å². The van der Waals surface area contributed by atoms with Gasteiger partial charge in [-0.05, 0) is 41.8 Å². The Balaban J connectivity index is 2.16. The third kappa shape index (κ3) is 4.59. The second kappa shape index (κ2) is 8.32. The van der Waals surface area contributed by atoms with E-state index in [-0.39, 0.29) is 11.9 Å². The number of benzene rings is 2. The van der Waals surface area contributed by atoms with Crippen molar-refractivity contribution >= 4 is 17.7 Å². The maximum Gasteiger partial charge on any atom is 0.251 e. The SMILES string of the molecule is Cc1ccc(C(C)C)c(C(=O)NC[C@H](c2ccccc2)N(C)Cl)c1. The van der Waals surface area contributed by atoms with Crippen LogP contribution in [-0.2, 0) is 0 Å². The van der Waals surface area contributed by atoms with Gasteiger partial charge in [-0.15, -0.1) is 0 Å². The second-order valence-electron chi connectivity index (χ2n) is 6.41. The third-order valence-corrected chi connectivity index (χ3v) is 4.38. The van der Waals surface area contributed by atoms with Crippen LogP contribution in [0.3, 0.4) is 0 Å². The Hall–Kier alpha value is -1.84. The summed E-state index contributed by atoms with van der Waals surface area (Å²) in [7, 11) is 1.80. The van der Waals surface area contributed by atoms with Gasteiger partial charge in [0.15, 0.2) is 0 Å². The highest BCUT2D eigenvalue weighted by atomic mass is 35.5. The number of carbonyl (C=O) groups excluding carboxylic acids is 1. The Labute approximate surface area is 149 Å². The fraction of sp³-hybridized carbons (Fsp3) is 0.350. The van der Waals surface area contributed by atoms with Crippen LogP contribution in [0.15, 0.2) is 48.5 Å². The summed E-state index contributed by atoms with van der Waals surface area (Å²) in [5, 5.41) is 3.04. The molecule has 3 nitrogen and oxygen atoms in total. The van der Waals surface area contributed by atoms with Crippen molar-refractivity contribution in [3.8, 4) is 0 Å². The van der Waals surface area contributed by atoms with E-state index < -0.39 is 0 Å². The maximum absolute atomic E-state index is 12.7. The molecule has 1 amide bonds. The van der Waals surface area contributed by atoms with Crippen LogP contribution in [0.2, 0.25) is 0 Å². The van der Waals surface area contributed by atoms with Crippen molar-refractivity contribution in [2.24, 2.45) is 0 Å². The van der Waals surface area contributed by atoms with Gasteiger partial charge in [0.2, 0.25) is 0 Å². The van der Waals surface area contributed by atoms with Gasteiger partial charge in [0.25, 0.3) is 5.91 Å². The molecule has 2 aromatic carbocycles. The molecule has 0 bridgehead atoms. The van der Waals surface area contributed by atoms with E-state index in [0.717, 1.165) is 22.3 Å². The fourth-order valence-corrected chi connectivity index (χ4v) is 2.96. The molecule has 24 heavy (non-hydrogen) atoms. The van der Waals surface area contributed by atoms with Gasteiger partial charge in [0.05, 0.1) is 6.04 Å². The summed E-state index contributed by atoms with van der Waals surface area (Å²) < 4.78 is 1.61. The minimum Gasteiger partial charge on any atom is -0.350 e. The molecule has 0 aromatic heterocycles. The minimum atomic E-state index is -0.0795. The first kappa shape index (κ1) is 18.5. The number of carbonyl (C=O) groups is 1. The molecule has 0 aliphatic heterocycles. The van der Waals surface area contributed by atoms with Crippen LogP contribution in [0.1, 0.15) is 52.9 Å². The molecule has 0 spiro atoms. The average molecular weight is 345 g/mol. The first-order chi connectivity index (χ1) is 11.4. The lowest BCUT2D eigenvalue weighted by Gasteiger charge is -2.23. The molecule has 0 fully saturated rings. The number of nitrogens with zero attached hydrogens (tertiary/aromatic N) is 1. The molecule has 128 valence electrons. The molecular weight excluding hydrogens is 320 g/mol. The van der Waals surface area contributed by atoms with Gasteiger partial charge in [-0.2, -0.15) is 0 Å². The number of aryl methyl sites for hydroxylation is 1. The van der Waals surface area contributed by atoms with E-state index in [1.165, 1.54) is 0 Å². The van der Waals surface area contributed by atoms with E-state index in [1.807, 2.05) is 55.5 Å². The van der Waals surface area contributed by atoms with Crippen LogP contribution < -0.4 is 5.32 Å². The van der Waals surface area contributed by atoms with Crippen molar-refractivity contribution in [2.75, 3.05) is 13.6 Å². The Bertz CT molecular complexity index is 683. The van der Waals surface area contributed by atoms with Crippen LogP contribution in [-0.4, -0.2) is 23.9 Å². The summed E-state index contributed by atoms with van der Waals surface area (Å²) in [6.45, 7) is 6.65. The van der Waals surface area contributed by atoms with E-state index in [4.69, 9.17) is 11.8 Å². The first-order valence-electron chi connectivity index (χ1n) is 8.22. The highest BCUT2D eigenvalue weighted by molar-refractivity contribution is 6.13. The number of hydrogen-bond acceptors (Lipinski definition) is 2. The number of rotatable bonds is 6. The van der Waals surface area contributed by atoms with Gasteiger partial charge < -0.3 is 5.32 Å². The molecule has 0 aliphatic carbocycles. The molecular formula is C20H25ClN2O. The summed E-state index contributed by atoms with van der Waals surface area (Å²) in [6, 6.07) is 15.9. The van der Waals surface area contributed by atoms with Crippen molar-refractivity contribution in [2.45, 2.75) is 32.7 Å². The molecule has 0 heterocycles. The van der Waals surface area contributed by atoms with E-state index in [9.17, 15) is 4.79 Å². The Kier molecular flexibility index (Phi) is 6.41. The highest BCUT2D eigenvalue weighted by Gasteiger charge is 2.19. The van der Waals surface area contributed by atoms with Crippen LogP contribution >= 0.6 is 11.8 Å². The zero-order valence-electron chi connectivity index (χ0n) is 14.7. The molecule has 0 radical (unpaired) electrons. The molecule has 4 heteroatoms. The number of nitrogens with one attached hydrogen (secondary N) is 1.